The number of hydrogen-bond acceptors (Lipinski definition) is 6. The first-order valence-corrected chi connectivity index (χ1v) is 20.8. The second-order valence-electron chi connectivity index (χ2n) is 17.2. The van der Waals surface area contributed by atoms with E-state index in [1.807, 2.05) is 72.8 Å². The molecule has 0 bridgehead atoms. The number of fused-ring (bicyclic) bond motifs is 1. The Morgan fingerprint density at radius 3 is 0.934 bits per heavy atom. The van der Waals surface area contributed by atoms with Crippen LogP contribution in [0.5, 0.6) is 0 Å². The van der Waals surface area contributed by atoms with Crippen molar-refractivity contribution in [2.75, 3.05) is 0 Å². The van der Waals surface area contributed by atoms with Gasteiger partial charge in [-0.05, 0) is 46.5 Å². The molecule has 2 aliphatic heterocycles. The van der Waals surface area contributed by atoms with Gasteiger partial charge in [0.2, 0.25) is 0 Å². The number of para-hydroxylation sites is 1. The van der Waals surface area contributed by atoms with Gasteiger partial charge in [-0.1, -0.05) is 167 Å². The molecule has 0 N–H and O–H groups in total. The van der Waals surface area contributed by atoms with Crippen molar-refractivity contribution >= 4 is 21.8 Å². The largest absolute Gasteiger partial charge is 0.308 e. The minimum absolute atomic E-state index is 0. The van der Waals surface area contributed by atoms with Crippen molar-refractivity contribution in [3.8, 4) is 74.0 Å². The van der Waals surface area contributed by atoms with E-state index in [0.29, 0.717) is 34.9 Å². The van der Waals surface area contributed by atoms with E-state index < -0.39 is 0 Å². The molecule has 7 aromatic carbocycles. The average molecular weight is 788 g/mol. The molecule has 5 heterocycles. The first-order valence-electron chi connectivity index (χ1n) is 20.8. The van der Waals surface area contributed by atoms with Crippen LogP contribution in [0.25, 0.3) is 95.8 Å². The van der Waals surface area contributed by atoms with Gasteiger partial charge in [-0.25, -0.2) is 29.9 Å². The van der Waals surface area contributed by atoms with Crippen LogP contribution in [-0.2, 0) is 10.8 Å². The predicted molar refractivity (Wildman–Crippen MR) is 247 cm³/mol. The maximum atomic E-state index is 5.22. The van der Waals surface area contributed by atoms with Crippen molar-refractivity contribution in [3.63, 3.8) is 0 Å². The summed E-state index contributed by atoms with van der Waals surface area (Å²) in [5.41, 5.74) is 13.7. The summed E-state index contributed by atoms with van der Waals surface area (Å²) >= 11 is 0. The lowest BCUT2D eigenvalue weighted by Gasteiger charge is -2.42. The van der Waals surface area contributed by atoms with Crippen LogP contribution in [0.3, 0.4) is 0 Å². The highest BCUT2D eigenvalue weighted by atomic mass is 15.1. The fourth-order valence-electron chi connectivity index (χ4n) is 9.67. The normalized spacial score (nSPS) is 14.2. The summed E-state index contributed by atoms with van der Waals surface area (Å²) < 4.78 is 2.54. The van der Waals surface area contributed by atoms with Crippen molar-refractivity contribution in [2.24, 2.45) is 0 Å². The van der Waals surface area contributed by atoms with Gasteiger partial charge >= 0.3 is 0 Å². The molecule has 12 rings (SSSR count). The van der Waals surface area contributed by atoms with Gasteiger partial charge in [0.15, 0.2) is 34.9 Å². The van der Waals surface area contributed by atoms with Crippen LogP contribution in [0.2, 0.25) is 0 Å². The van der Waals surface area contributed by atoms with Gasteiger partial charge in [0.05, 0.1) is 16.7 Å². The number of benzene rings is 7. The van der Waals surface area contributed by atoms with Crippen molar-refractivity contribution < 1.29 is 1.43 Å². The van der Waals surface area contributed by atoms with Gasteiger partial charge in [-0.3, -0.25) is 0 Å². The first-order chi connectivity index (χ1) is 29.7. The van der Waals surface area contributed by atoms with E-state index in [-0.39, 0.29) is 12.3 Å². The fourth-order valence-corrected chi connectivity index (χ4v) is 9.67. The lowest BCUT2D eigenvalue weighted by Crippen LogP contribution is -2.33. The van der Waals surface area contributed by atoms with E-state index in [2.05, 4.69) is 123 Å². The molecule has 61 heavy (non-hydrogen) atoms. The summed E-state index contributed by atoms with van der Waals surface area (Å²) in [5, 5.41) is 2.28. The highest BCUT2D eigenvalue weighted by Gasteiger charge is 2.44. The molecule has 7 nitrogen and oxygen atoms in total. The van der Waals surface area contributed by atoms with Crippen LogP contribution in [0, 0.1) is 0 Å². The Hall–Kier alpha value is -7.64. The van der Waals surface area contributed by atoms with Gasteiger partial charge in [-0.15, -0.1) is 0 Å². The number of nitrogens with zero attached hydrogens (tertiary/aromatic N) is 7. The van der Waals surface area contributed by atoms with E-state index in [4.69, 9.17) is 29.9 Å². The number of rotatable bonds is 6. The molecule has 3 aromatic heterocycles. The monoisotopic (exact) mass is 787 g/mol. The molecule has 0 fully saturated rings. The topological polar surface area (TPSA) is 82.3 Å². The van der Waals surface area contributed by atoms with Crippen LogP contribution in [-0.4, -0.2) is 34.5 Å². The predicted octanol–water partition coefficient (Wildman–Crippen LogP) is 12.7. The average Bonchev–Trinajstić information content (AvgIpc) is 3.65. The summed E-state index contributed by atoms with van der Waals surface area (Å²) in [6, 6.07) is 56.8. The summed E-state index contributed by atoms with van der Waals surface area (Å²) in [5.74, 6) is 3.81. The molecule has 292 valence electrons. The highest BCUT2D eigenvalue weighted by Crippen LogP contribution is 2.56. The van der Waals surface area contributed by atoms with Crippen LogP contribution in [0.15, 0.2) is 164 Å². The zero-order valence-corrected chi connectivity index (χ0v) is 34.2. The number of aromatic nitrogens is 7. The van der Waals surface area contributed by atoms with Gasteiger partial charge in [-0.2, -0.15) is 0 Å². The second kappa shape index (κ2) is 12.9. The minimum atomic E-state index is -0.332. The maximum absolute atomic E-state index is 5.22. The Balaban J connectivity index is 0.00000432. The summed E-state index contributed by atoms with van der Waals surface area (Å²) in [4.78, 5) is 30.9. The second-order valence-corrected chi connectivity index (χ2v) is 17.2. The third kappa shape index (κ3) is 5.30. The Morgan fingerprint density at radius 1 is 0.328 bits per heavy atom. The molecule has 0 spiro atoms. The zero-order valence-electron chi connectivity index (χ0n) is 34.2. The van der Waals surface area contributed by atoms with Crippen molar-refractivity contribution in [1.29, 1.82) is 0 Å². The Kier molecular flexibility index (Phi) is 7.49. The van der Waals surface area contributed by atoms with Crippen molar-refractivity contribution in [2.45, 2.75) is 38.5 Å². The summed E-state index contributed by atoms with van der Waals surface area (Å²) in [7, 11) is 0. The maximum Gasteiger partial charge on any atom is 0.164 e. The van der Waals surface area contributed by atoms with Crippen molar-refractivity contribution in [1.82, 2.24) is 34.5 Å². The molecule has 0 unspecified atom stereocenters. The van der Waals surface area contributed by atoms with E-state index in [1.165, 1.54) is 39.0 Å². The Labute approximate surface area is 355 Å². The number of hydrogen-bond donors (Lipinski definition) is 0. The molecule has 7 heteroatoms. The van der Waals surface area contributed by atoms with Crippen LogP contribution in [0.4, 0.5) is 0 Å². The van der Waals surface area contributed by atoms with Crippen LogP contribution in [0.1, 0.15) is 51.4 Å². The standard InChI is InChI=1S/C54H39N7.H2/c1-53(2)40-26-17-27-41-46(40)61-44-38(28-36(30-42(44)53)51-57-47(32-18-9-5-10-19-32)55-48(58-51)33-20-11-6-12-21-33)39-29-37(31-43(45(39)61)54(41,3)4)52-59-49(34-22-13-7-14-23-34)56-50(60-52)35-24-15-8-16-25-35;/h5-31H,1-4H3;1H. The van der Waals surface area contributed by atoms with Crippen molar-refractivity contribution in [3.05, 3.63) is 186 Å². The lowest BCUT2D eigenvalue weighted by molar-refractivity contribution is 0.594. The quantitative estimate of drug-likeness (QED) is 0.167. The van der Waals surface area contributed by atoms with E-state index in [9.17, 15) is 0 Å². The molecule has 0 amide bonds. The molecule has 2 aliphatic rings. The Morgan fingerprint density at radius 2 is 0.623 bits per heavy atom. The molecule has 0 saturated heterocycles. The van der Waals surface area contributed by atoms with E-state index >= 15 is 0 Å². The van der Waals surface area contributed by atoms with Gasteiger partial charge < -0.3 is 4.57 Å². The summed E-state index contributed by atoms with van der Waals surface area (Å²) in [6.45, 7) is 9.43. The molecule has 0 saturated carbocycles. The third-order valence-electron chi connectivity index (χ3n) is 12.8. The first kappa shape index (κ1) is 35.3. The van der Waals surface area contributed by atoms with E-state index in [0.717, 1.165) is 44.2 Å². The van der Waals surface area contributed by atoms with Crippen LogP contribution >= 0.6 is 0 Å². The molecular weight excluding hydrogens is 747 g/mol. The smallest absolute Gasteiger partial charge is 0.164 e. The third-order valence-corrected chi connectivity index (χ3v) is 12.8. The van der Waals surface area contributed by atoms with Gasteiger partial charge in [0.1, 0.15) is 0 Å². The van der Waals surface area contributed by atoms with E-state index in [1.54, 1.807) is 0 Å². The van der Waals surface area contributed by atoms with Gasteiger partial charge in [0.25, 0.3) is 0 Å². The molecule has 10 aromatic rings. The minimum Gasteiger partial charge on any atom is -0.308 e. The zero-order chi connectivity index (χ0) is 41.0. The highest BCUT2D eigenvalue weighted by molar-refractivity contribution is 6.16. The molecule has 0 aliphatic carbocycles. The fraction of sp³-hybridized carbons (Fsp3) is 0.111. The Bertz CT molecular complexity index is 3060. The van der Waals surface area contributed by atoms with Crippen LogP contribution < -0.4 is 0 Å². The lowest BCUT2D eigenvalue weighted by atomic mass is 9.68. The SMILES string of the molecule is CC1(C)c2cccc3c2-n2c4c1cc(-c1nc(-c5ccccc5)nc(-c5ccccc5)n1)cc4c1cc(-c4nc(-c5ccccc5)nc(-c5ccccc5)n4)cc(c12)C3(C)C.[HH]. The van der Waals surface area contributed by atoms with Gasteiger partial charge in [0, 0.05) is 56.4 Å². The molecular formula is C54H41N7. The summed E-state index contributed by atoms with van der Waals surface area (Å²) in [6.07, 6.45) is 0. The molecule has 0 radical (unpaired) electrons. The molecule has 0 atom stereocenters.